The summed E-state index contributed by atoms with van der Waals surface area (Å²) in [5, 5.41) is 13.1. The topological polar surface area (TPSA) is 130 Å². The average molecular weight is 434 g/mol. The van der Waals surface area contributed by atoms with E-state index in [9.17, 15) is 13.2 Å². The summed E-state index contributed by atoms with van der Waals surface area (Å²) in [5.74, 6) is 0.855. The van der Waals surface area contributed by atoms with Crippen molar-refractivity contribution in [3.8, 4) is 11.4 Å². The fourth-order valence-electron chi connectivity index (χ4n) is 3.51. The summed E-state index contributed by atoms with van der Waals surface area (Å²) < 4.78 is 23.9. The smallest absolute Gasteiger partial charge is 0.224 e. The van der Waals surface area contributed by atoms with Crippen LogP contribution in [0.2, 0.25) is 0 Å². The van der Waals surface area contributed by atoms with Gasteiger partial charge in [-0.25, -0.2) is 18.4 Å². The van der Waals surface area contributed by atoms with E-state index in [1.807, 2.05) is 18.2 Å². The molecule has 10 heteroatoms. The van der Waals surface area contributed by atoms with E-state index < -0.39 is 9.84 Å². The summed E-state index contributed by atoms with van der Waals surface area (Å²) in [6.07, 6.45) is 3.93. The van der Waals surface area contributed by atoms with Crippen LogP contribution in [0.15, 0.2) is 53.6 Å². The lowest BCUT2D eigenvalue weighted by Gasteiger charge is -2.18. The van der Waals surface area contributed by atoms with E-state index in [-0.39, 0.29) is 10.8 Å². The molecule has 0 bridgehead atoms. The first-order valence-electron chi connectivity index (χ1n) is 9.58. The van der Waals surface area contributed by atoms with Crippen LogP contribution in [0.25, 0.3) is 22.4 Å². The number of nitrogens with zero attached hydrogens (tertiary/aromatic N) is 3. The average Bonchev–Trinajstić information content (AvgIpc) is 3.22. The standard InChI is InChI=1S/C21H18N6O3S/c1-31(29,30)15-4-2-3-13(9-15)20-25-17-11-22-27-19(17)21(26-20)23-14-7-5-12-6-8-18(28)24-16(12)10-14/h2-5,7,9-11H,6,8H2,1H3,(H,22,27)(H,24,28)(H,23,25,26). The molecule has 0 atom stereocenters. The second-order valence-corrected chi connectivity index (χ2v) is 9.39. The Hall–Kier alpha value is -3.79. The Balaban J connectivity index is 1.57. The molecule has 2 aromatic carbocycles. The van der Waals surface area contributed by atoms with Gasteiger partial charge in [0, 0.05) is 29.6 Å². The second kappa shape index (κ2) is 7.17. The van der Waals surface area contributed by atoms with E-state index in [2.05, 4.69) is 30.8 Å². The van der Waals surface area contributed by atoms with E-state index in [0.717, 1.165) is 23.2 Å². The predicted molar refractivity (Wildman–Crippen MR) is 117 cm³/mol. The number of aromatic nitrogens is 4. The van der Waals surface area contributed by atoms with Crippen LogP contribution in [-0.2, 0) is 21.1 Å². The number of H-pyrrole nitrogens is 1. The van der Waals surface area contributed by atoms with Gasteiger partial charge in [-0.05, 0) is 36.2 Å². The van der Waals surface area contributed by atoms with Gasteiger partial charge in [0.1, 0.15) is 11.0 Å². The Morgan fingerprint density at radius 1 is 1.06 bits per heavy atom. The van der Waals surface area contributed by atoms with Gasteiger partial charge in [0.05, 0.1) is 11.1 Å². The molecule has 0 radical (unpaired) electrons. The third-order valence-corrected chi connectivity index (χ3v) is 6.20. The third kappa shape index (κ3) is 3.73. The van der Waals surface area contributed by atoms with Gasteiger partial charge in [-0.3, -0.25) is 9.89 Å². The van der Waals surface area contributed by atoms with Crippen molar-refractivity contribution < 1.29 is 13.2 Å². The number of aromatic amines is 1. The molecule has 9 nitrogen and oxygen atoms in total. The lowest BCUT2D eigenvalue weighted by atomic mass is 10.0. The van der Waals surface area contributed by atoms with Crippen LogP contribution in [0.1, 0.15) is 12.0 Å². The maximum atomic E-state index is 11.9. The highest BCUT2D eigenvalue weighted by Crippen LogP contribution is 2.30. The summed E-state index contributed by atoms with van der Waals surface area (Å²) in [5.41, 5.74) is 4.38. The van der Waals surface area contributed by atoms with Crippen molar-refractivity contribution in [1.82, 2.24) is 20.2 Å². The van der Waals surface area contributed by atoms with Crippen LogP contribution < -0.4 is 10.6 Å². The Kier molecular flexibility index (Phi) is 4.44. The van der Waals surface area contributed by atoms with Gasteiger partial charge in [-0.1, -0.05) is 18.2 Å². The van der Waals surface area contributed by atoms with Crippen LogP contribution in [0, 0.1) is 0 Å². The molecule has 0 saturated carbocycles. The number of hydrogen-bond acceptors (Lipinski definition) is 7. The van der Waals surface area contributed by atoms with E-state index >= 15 is 0 Å². The van der Waals surface area contributed by atoms with Gasteiger partial charge in [-0.2, -0.15) is 5.10 Å². The first kappa shape index (κ1) is 19.2. The maximum absolute atomic E-state index is 11.9. The molecule has 0 saturated heterocycles. The Morgan fingerprint density at radius 3 is 2.77 bits per heavy atom. The molecule has 2 aromatic heterocycles. The molecule has 0 spiro atoms. The lowest BCUT2D eigenvalue weighted by molar-refractivity contribution is -0.116. The molecular weight excluding hydrogens is 416 g/mol. The number of hydrogen-bond donors (Lipinski definition) is 3. The number of anilines is 3. The Morgan fingerprint density at radius 2 is 1.94 bits per heavy atom. The zero-order valence-electron chi connectivity index (χ0n) is 16.5. The summed E-state index contributed by atoms with van der Waals surface area (Å²) in [6.45, 7) is 0. The van der Waals surface area contributed by atoms with Gasteiger partial charge in [0.2, 0.25) is 5.91 Å². The normalized spacial score (nSPS) is 13.6. The van der Waals surface area contributed by atoms with Gasteiger partial charge >= 0.3 is 0 Å². The van der Waals surface area contributed by atoms with Crippen molar-refractivity contribution in [2.75, 3.05) is 16.9 Å². The molecule has 1 amide bonds. The van der Waals surface area contributed by atoms with E-state index in [0.29, 0.717) is 41.1 Å². The summed E-state index contributed by atoms with van der Waals surface area (Å²) in [6, 6.07) is 12.3. The number of aryl methyl sites for hydroxylation is 1. The van der Waals surface area contributed by atoms with Crippen molar-refractivity contribution in [1.29, 1.82) is 0 Å². The van der Waals surface area contributed by atoms with Gasteiger partial charge in [0.15, 0.2) is 21.5 Å². The molecule has 1 aliphatic rings. The van der Waals surface area contributed by atoms with Crippen molar-refractivity contribution in [2.45, 2.75) is 17.7 Å². The van der Waals surface area contributed by atoms with Gasteiger partial charge in [0.25, 0.3) is 0 Å². The minimum absolute atomic E-state index is 0.00399. The number of carbonyl (C=O) groups excluding carboxylic acids is 1. The summed E-state index contributed by atoms with van der Waals surface area (Å²) in [7, 11) is -3.36. The maximum Gasteiger partial charge on any atom is 0.224 e. The second-order valence-electron chi connectivity index (χ2n) is 7.37. The van der Waals surface area contributed by atoms with Crippen LogP contribution in [0.4, 0.5) is 17.2 Å². The molecule has 31 heavy (non-hydrogen) atoms. The number of rotatable bonds is 4. The quantitative estimate of drug-likeness (QED) is 0.450. The highest BCUT2D eigenvalue weighted by atomic mass is 32.2. The molecule has 0 unspecified atom stereocenters. The minimum Gasteiger partial charge on any atom is -0.338 e. The first-order chi connectivity index (χ1) is 14.9. The molecule has 3 N–H and O–H groups in total. The largest absolute Gasteiger partial charge is 0.338 e. The molecule has 3 heterocycles. The molecular formula is C21H18N6O3S. The summed E-state index contributed by atoms with van der Waals surface area (Å²) in [4.78, 5) is 21.0. The third-order valence-electron chi connectivity index (χ3n) is 5.09. The fourth-order valence-corrected chi connectivity index (χ4v) is 4.18. The molecule has 5 rings (SSSR count). The minimum atomic E-state index is -3.36. The van der Waals surface area contributed by atoms with E-state index in [1.165, 1.54) is 6.07 Å². The summed E-state index contributed by atoms with van der Waals surface area (Å²) >= 11 is 0. The van der Waals surface area contributed by atoms with Gasteiger partial charge < -0.3 is 10.6 Å². The van der Waals surface area contributed by atoms with Crippen molar-refractivity contribution in [3.05, 3.63) is 54.2 Å². The van der Waals surface area contributed by atoms with Crippen molar-refractivity contribution in [3.63, 3.8) is 0 Å². The Bertz CT molecular complexity index is 1440. The van der Waals surface area contributed by atoms with Crippen molar-refractivity contribution >= 4 is 44.0 Å². The number of carbonyl (C=O) groups is 1. The number of sulfone groups is 1. The molecule has 156 valence electrons. The Labute approximate surface area is 177 Å². The fraction of sp³-hybridized carbons (Fsp3) is 0.143. The number of benzene rings is 2. The highest BCUT2D eigenvalue weighted by Gasteiger charge is 2.17. The lowest BCUT2D eigenvalue weighted by Crippen LogP contribution is -2.18. The zero-order chi connectivity index (χ0) is 21.6. The van der Waals surface area contributed by atoms with Crippen LogP contribution in [0.5, 0.6) is 0 Å². The zero-order valence-corrected chi connectivity index (χ0v) is 17.3. The predicted octanol–water partition coefficient (Wildman–Crippen LogP) is 3.05. The van der Waals surface area contributed by atoms with Gasteiger partial charge in [-0.15, -0.1) is 0 Å². The molecule has 0 aliphatic carbocycles. The number of nitrogens with one attached hydrogen (secondary N) is 3. The highest BCUT2D eigenvalue weighted by molar-refractivity contribution is 7.90. The monoisotopic (exact) mass is 434 g/mol. The van der Waals surface area contributed by atoms with Crippen LogP contribution >= 0.6 is 0 Å². The molecule has 0 fully saturated rings. The first-order valence-corrected chi connectivity index (χ1v) is 11.5. The molecule has 1 aliphatic heterocycles. The SMILES string of the molecule is CS(=O)(=O)c1cccc(-c2nc(Nc3ccc4c(c3)NC(=O)CC4)c3[nH]ncc3n2)c1. The number of amides is 1. The van der Waals surface area contributed by atoms with E-state index in [4.69, 9.17) is 0 Å². The van der Waals surface area contributed by atoms with Crippen LogP contribution in [0.3, 0.4) is 0 Å². The molecule has 4 aromatic rings. The van der Waals surface area contributed by atoms with Crippen molar-refractivity contribution in [2.24, 2.45) is 0 Å². The number of fused-ring (bicyclic) bond motifs is 2. The van der Waals surface area contributed by atoms with Crippen LogP contribution in [-0.4, -0.2) is 40.7 Å². The van der Waals surface area contributed by atoms with E-state index in [1.54, 1.807) is 24.4 Å².